The summed E-state index contributed by atoms with van der Waals surface area (Å²) in [6.45, 7) is 3.49. The fraction of sp³-hybridized carbons (Fsp3) is 0.636. The lowest BCUT2D eigenvalue weighted by Gasteiger charge is -2.15. The van der Waals surface area contributed by atoms with E-state index in [2.05, 4.69) is 22.2 Å². The molecule has 0 aromatic carbocycles. The van der Waals surface area contributed by atoms with Gasteiger partial charge >= 0.3 is 5.97 Å². The molecule has 1 aliphatic carbocycles. The number of aryl methyl sites for hydroxylation is 1. The van der Waals surface area contributed by atoms with Crippen LogP contribution in [0.2, 0.25) is 0 Å². The summed E-state index contributed by atoms with van der Waals surface area (Å²) in [7, 11) is 2.12. The first-order valence-corrected chi connectivity index (χ1v) is 6.54. The van der Waals surface area contributed by atoms with Crippen molar-refractivity contribution in [2.45, 2.75) is 25.8 Å². The number of thiazole rings is 1. The average Bonchev–Trinajstić information content (AvgIpc) is 3.03. The Bertz CT molecular complexity index is 415. The van der Waals surface area contributed by atoms with Crippen molar-refractivity contribution in [2.24, 2.45) is 0 Å². The highest BCUT2D eigenvalue weighted by molar-refractivity contribution is 7.17. The quantitative estimate of drug-likeness (QED) is 0.809. The van der Waals surface area contributed by atoms with Crippen molar-refractivity contribution in [1.82, 2.24) is 9.88 Å². The molecule has 0 unspecified atom stereocenters. The third-order valence-corrected chi connectivity index (χ3v) is 4.00. The third-order valence-electron chi connectivity index (χ3n) is 2.90. The lowest BCUT2D eigenvalue weighted by atomic mass is 10.4. The predicted molar refractivity (Wildman–Crippen MR) is 68.0 cm³/mol. The Labute approximate surface area is 104 Å². The zero-order valence-corrected chi connectivity index (χ0v) is 10.9. The van der Waals surface area contributed by atoms with Gasteiger partial charge in [-0.1, -0.05) is 11.3 Å². The van der Waals surface area contributed by atoms with Crippen molar-refractivity contribution >= 4 is 22.4 Å². The molecule has 5 nitrogen and oxygen atoms in total. The lowest BCUT2D eigenvalue weighted by molar-refractivity contribution is 0.0701. The second kappa shape index (κ2) is 5.01. The summed E-state index contributed by atoms with van der Waals surface area (Å²) in [5.41, 5.74) is 0.584. The summed E-state index contributed by atoms with van der Waals surface area (Å²) in [6, 6.07) is 0.754. The van der Waals surface area contributed by atoms with E-state index in [-0.39, 0.29) is 0 Å². The van der Waals surface area contributed by atoms with Crippen LogP contribution >= 0.6 is 11.3 Å². The molecule has 1 fully saturated rings. The van der Waals surface area contributed by atoms with Crippen molar-refractivity contribution in [3.8, 4) is 0 Å². The minimum atomic E-state index is -0.900. The van der Waals surface area contributed by atoms with E-state index >= 15 is 0 Å². The maximum atomic E-state index is 10.8. The highest BCUT2D eigenvalue weighted by Crippen LogP contribution is 2.25. The van der Waals surface area contributed by atoms with Gasteiger partial charge in [0, 0.05) is 19.1 Å². The molecule has 0 saturated heterocycles. The molecule has 0 atom stereocenters. The number of carbonyl (C=O) groups is 1. The lowest BCUT2D eigenvalue weighted by Crippen LogP contribution is -2.26. The van der Waals surface area contributed by atoms with E-state index in [0.717, 1.165) is 19.1 Å². The summed E-state index contributed by atoms with van der Waals surface area (Å²) in [6.07, 6.45) is 2.60. The van der Waals surface area contributed by atoms with Crippen LogP contribution in [0.5, 0.6) is 0 Å². The van der Waals surface area contributed by atoms with Crippen LogP contribution in [0.15, 0.2) is 0 Å². The monoisotopic (exact) mass is 255 g/mol. The number of hydrogen-bond donors (Lipinski definition) is 2. The van der Waals surface area contributed by atoms with Gasteiger partial charge in [-0.05, 0) is 26.8 Å². The number of nitrogens with zero attached hydrogens (tertiary/aromatic N) is 2. The molecule has 0 amide bonds. The van der Waals surface area contributed by atoms with E-state index < -0.39 is 5.97 Å². The second-order valence-electron chi connectivity index (χ2n) is 4.38. The smallest absolute Gasteiger partial charge is 0.347 e. The van der Waals surface area contributed by atoms with Gasteiger partial charge in [0.25, 0.3) is 0 Å². The Morgan fingerprint density at radius 2 is 2.35 bits per heavy atom. The van der Waals surface area contributed by atoms with Crippen molar-refractivity contribution in [2.75, 3.05) is 25.5 Å². The molecular formula is C11H17N3O2S. The number of carboxylic acid groups (broad SMARTS) is 1. The van der Waals surface area contributed by atoms with Crippen molar-refractivity contribution < 1.29 is 9.90 Å². The molecule has 0 spiro atoms. The summed E-state index contributed by atoms with van der Waals surface area (Å²) < 4.78 is 0. The Balaban J connectivity index is 1.82. The molecule has 0 bridgehead atoms. The van der Waals surface area contributed by atoms with Crippen LogP contribution in [0, 0.1) is 6.92 Å². The zero-order chi connectivity index (χ0) is 12.4. The maximum absolute atomic E-state index is 10.8. The molecule has 1 heterocycles. The predicted octanol–water partition coefficient (Wildman–Crippen LogP) is 1.66. The average molecular weight is 255 g/mol. The minimum absolute atomic E-state index is 0.322. The summed E-state index contributed by atoms with van der Waals surface area (Å²) in [4.78, 5) is 17.7. The molecule has 0 aliphatic heterocycles. The Hall–Kier alpha value is -1.14. The molecule has 1 aromatic heterocycles. The molecule has 94 valence electrons. The number of hydrogen-bond acceptors (Lipinski definition) is 5. The molecule has 1 aromatic rings. The van der Waals surface area contributed by atoms with E-state index in [4.69, 9.17) is 5.11 Å². The van der Waals surface area contributed by atoms with Gasteiger partial charge in [0.15, 0.2) is 5.13 Å². The summed E-state index contributed by atoms with van der Waals surface area (Å²) >= 11 is 1.20. The highest BCUT2D eigenvalue weighted by atomic mass is 32.1. The van der Waals surface area contributed by atoms with Crippen LogP contribution in [-0.2, 0) is 0 Å². The molecule has 2 N–H and O–H groups in total. The van der Waals surface area contributed by atoms with Gasteiger partial charge in [-0.25, -0.2) is 9.78 Å². The normalized spacial score (nSPS) is 15.2. The first-order valence-electron chi connectivity index (χ1n) is 5.72. The molecule has 1 saturated carbocycles. The molecular weight excluding hydrogens is 238 g/mol. The molecule has 0 radical (unpaired) electrons. The zero-order valence-electron chi connectivity index (χ0n) is 10.1. The number of likely N-dealkylation sites (N-methyl/N-ethyl adjacent to an activating group) is 1. The number of carboxylic acids is 1. The van der Waals surface area contributed by atoms with Crippen LogP contribution in [0.3, 0.4) is 0 Å². The minimum Gasteiger partial charge on any atom is -0.477 e. The van der Waals surface area contributed by atoms with Crippen LogP contribution in [0.4, 0.5) is 5.13 Å². The Morgan fingerprint density at radius 1 is 1.65 bits per heavy atom. The van der Waals surface area contributed by atoms with E-state index in [0.29, 0.717) is 15.7 Å². The van der Waals surface area contributed by atoms with Gasteiger partial charge in [-0.2, -0.15) is 0 Å². The number of aromatic carboxylic acids is 1. The Kier molecular flexibility index (Phi) is 3.63. The Morgan fingerprint density at radius 3 is 2.88 bits per heavy atom. The van der Waals surface area contributed by atoms with Crippen molar-refractivity contribution in [3.05, 3.63) is 10.6 Å². The van der Waals surface area contributed by atoms with Gasteiger partial charge in [-0.15, -0.1) is 0 Å². The fourth-order valence-electron chi connectivity index (χ4n) is 1.71. The van der Waals surface area contributed by atoms with Crippen molar-refractivity contribution in [1.29, 1.82) is 0 Å². The summed E-state index contributed by atoms with van der Waals surface area (Å²) in [5.74, 6) is -0.900. The third kappa shape index (κ3) is 3.17. The van der Waals surface area contributed by atoms with Gasteiger partial charge in [0.05, 0.1) is 5.69 Å². The van der Waals surface area contributed by atoms with Gasteiger partial charge in [0.2, 0.25) is 0 Å². The van der Waals surface area contributed by atoms with E-state index in [1.54, 1.807) is 6.92 Å². The molecule has 17 heavy (non-hydrogen) atoms. The standard InChI is InChI=1S/C11H17N3O2S/c1-7-9(10(15)16)17-11(13-7)12-5-6-14(2)8-3-4-8/h8H,3-6H2,1-2H3,(H,12,13)(H,15,16). The van der Waals surface area contributed by atoms with E-state index in [9.17, 15) is 4.79 Å². The largest absolute Gasteiger partial charge is 0.477 e. The first-order chi connectivity index (χ1) is 8.08. The first kappa shape index (κ1) is 12.3. The molecule has 6 heteroatoms. The van der Waals surface area contributed by atoms with Crippen LogP contribution in [0.1, 0.15) is 28.2 Å². The maximum Gasteiger partial charge on any atom is 0.347 e. The van der Waals surface area contributed by atoms with Gasteiger partial charge in [-0.3, -0.25) is 0 Å². The summed E-state index contributed by atoms with van der Waals surface area (Å²) in [5, 5.41) is 12.8. The number of rotatable bonds is 6. The van der Waals surface area contributed by atoms with Gasteiger partial charge < -0.3 is 15.3 Å². The number of aromatic nitrogens is 1. The topological polar surface area (TPSA) is 65.5 Å². The second-order valence-corrected chi connectivity index (χ2v) is 5.38. The molecule has 1 aliphatic rings. The number of nitrogens with one attached hydrogen (secondary N) is 1. The molecule has 2 rings (SSSR count). The van der Waals surface area contributed by atoms with E-state index in [1.165, 1.54) is 24.2 Å². The fourth-order valence-corrected chi connectivity index (χ4v) is 2.54. The van der Waals surface area contributed by atoms with Crippen molar-refractivity contribution in [3.63, 3.8) is 0 Å². The highest BCUT2D eigenvalue weighted by Gasteiger charge is 2.25. The van der Waals surface area contributed by atoms with Crippen LogP contribution in [-0.4, -0.2) is 47.1 Å². The SMILES string of the molecule is Cc1nc(NCCN(C)C2CC2)sc1C(=O)O. The van der Waals surface area contributed by atoms with Gasteiger partial charge in [0.1, 0.15) is 4.88 Å². The number of anilines is 1. The van der Waals surface area contributed by atoms with Crippen LogP contribution in [0.25, 0.3) is 0 Å². The van der Waals surface area contributed by atoms with E-state index in [1.807, 2.05) is 0 Å². The van der Waals surface area contributed by atoms with Crippen LogP contribution < -0.4 is 5.32 Å².